The fourth-order valence-corrected chi connectivity index (χ4v) is 2.38. The summed E-state index contributed by atoms with van der Waals surface area (Å²) in [5, 5.41) is 1.19. The summed E-state index contributed by atoms with van der Waals surface area (Å²) in [6.45, 7) is 2.15. The molecular formula is C14H15N3. The van der Waals surface area contributed by atoms with Gasteiger partial charge in [0.15, 0.2) is 0 Å². The van der Waals surface area contributed by atoms with Crippen LogP contribution in [0.25, 0.3) is 17.0 Å². The first-order valence-corrected chi connectivity index (χ1v) is 5.79. The normalized spacial score (nSPS) is 18.9. The molecule has 4 N–H and O–H groups in total. The van der Waals surface area contributed by atoms with Crippen molar-refractivity contribution in [3.63, 3.8) is 0 Å². The number of benzene rings is 1. The lowest BCUT2D eigenvalue weighted by Gasteiger charge is -2.21. The average Bonchev–Trinajstić information content (AvgIpc) is 2.30. The summed E-state index contributed by atoms with van der Waals surface area (Å²) in [5.41, 5.74) is 16.9. The number of hydrogen-bond donors (Lipinski definition) is 2. The first-order chi connectivity index (χ1) is 8.15. The van der Waals surface area contributed by atoms with Crippen LogP contribution >= 0.6 is 0 Å². The van der Waals surface area contributed by atoms with Crippen LogP contribution in [0.3, 0.4) is 0 Å². The van der Waals surface area contributed by atoms with Gasteiger partial charge >= 0.3 is 0 Å². The number of rotatable bonds is 0. The molecule has 1 unspecified atom stereocenters. The molecular weight excluding hydrogens is 210 g/mol. The summed E-state index contributed by atoms with van der Waals surface area (Å²) < 4.78 is 0. The van der Waals surface area contributed by atoms with Gasteiger partial charge in [-0.05, 0) is 41.7 Å². The molecule has 0 saturated heterocycles. The molecule has 1 heterocycles. The lowest BCUT2D eigenvalue weighted by molar-refractivity contribution is 0.666. The second kappa shape index (κ2) is 3.48. The number of pyridine rings is 1. The first-order valence-electron chi connectivity index (χ1n) is 5.79. The van der Waals surface area contributed by atoms with E-state index in [9.17, 15) is 0 Å². The highest BCUT2D eigenvalue weighted by atomic mass is 14.7. The van der Waals surface area contributed by atoms with Crippen LogP contribution in [0.1, 0.15) is 18.1 Å². The van der Waals surface area contributed by atoms with Crippen LogP contribution in [-0.2, 0) is 6.42 Å². The van der Waals surface area contributed by atoms with Gasteiger partial charge in [0.2, 0.25) is 0 Å². The van der Waals surface area contributed by atoms with E-state index in [1.54, 1.807) is 0 Å². The van der Waals surface area contributed by atoms with Crippen LogP contribution in [-0.4, -0.2) is 4.98 Å². The summed E-state index contributed by atoms with van der Waals surface area (Å²) in [6, 6.07) is 5.90. The van der Waals surface area contributed by atoms with E-state index < -0.39 is 0 Å². The van der Waals surface area contributed by atoms with E-state index >= 15 is 0 Å². The van der Waals surface area contributed by atoms with Crippen molar-refractivity contribution in [2.24, 2.45) is 11.7 Å². The van der Waals surface area contributed by atoms with Crippen LogP contribution < -0.4 is 11.5 Å². The molecule has 0 bridgehead atoms. The van der Waals surface area contributed by atoms with E-state index in [0.717, 1.165) is 28.9 Å². The number of nitrogens with two attached hydrogens (primary N) is 2. The Kier molecular flexibility index (Phi) is 2.08. The maximum atomic E-state index is 5.97. The number of hydrogen-bond acceptors (Lipinski definition) is 3. The van der Waals surface area contributed by atoms with E-state index in [-0.39, 0.29) is 0 Å². The van der Waals surface area contributed by atoms with Crippen molar-refractivity contribution in [2.75, 3.05) is 5.73 Å². The Balaban J connectivity index is 2.31. The fraction of sp³-hybridized carbons (Fsp3) is 0.214. The zero-order valence-corrected chi connectivity index (χ0v) is 9.77. The molecule has 86 valence electrons. The molecule has 0 radical (unpaired) electrons. The Bertz CT molecular complexity index is 629. The quantitative estimate of drug-likeness (QED) is 0.676. The van der Waals surface area contributed by atoms with E-state index in [1.807, 2.05) is 24.4 Å². The van der Waals surface area contributed by atoms with Gasteiger partial charge in [0.25, 0.3) is 0 Å². The molecule has 0 saturated carbocycles. The fourth-order valence-electron chi connectivity index (χ4n) is 2.38. The highest BCUT2D eigenvalue weighted by Crippen LogP contribution is 2.31. The second-order valence-electron chi connectivity index (χ2n) is 4.72. The summed E-state index contributed by atoms with van der Waals surface area (Å²) in [6.07, 6.45) is 4.89. The van der Waals surface area contributed by atoms with Gasteiger partial charge in [-0.2, -0.15) is 0 Å². The maximum absolute atomic E-state index is 5.97. The standard InChI is InChI=1S/C14H15N3/c1-8-4-12-9(5-13(8)16)7-17-14-6-10(15)2-3-11(12)14/h2-3,5-8H,4,15-16H2,1H3. The van der Waals surface area contributed by atoms with Gasteiger partial charge < -0.3 is 11.5 Å². The van der Waals surface area contributed by atoms with Crippen molar-refractivity contribution in [2.45, 2.75) is 13.3 Å². The predicted octanol–water partition coefficient (Wildman–Crippen LogP) is 2.31. The second-order valence-corrected chi connectivity index (χ2v) is 4.72. The largest absolute Gasteiger partial charge is 0.402 e. The van der Waals surface area contributed by atoms with Crippen LogP contribution in [0.4, 0.5) is 5.69 Å². The number of nitrogen functional groups attached to an aromatic ring is 1. The Morgan fingerprint density at radius 3 is 2.94 bits per heavy atom. The molecule has 3 nitrogen and oxygen atoms in total. The molecule has 1 atom stereocenters. The molecule has 0 amide bonds. The van der Waals surface area contributed by atoms with Crippen molar-refractivity contribution < 1.29 is 0 Å². The first kappa shape index (κ1) is 10.1. The minimum atomic E-state index is 0.394. The monoisotopic (exact) mass is 225 g/mol. The Morgan fingerprint density at radius 2 is 2.12 bits per heavy atom. The number of allylic oxidation sites excluding steroid dienone is 1. The lowest BCUT2D eigenvalue weighted by atomic mass is 9.87. The minimum Gasteiger partial charge on any atom is -0.402 e. The van der Waals surface area contributed by atoms with Crippen molar-refractivity contribution >= 4 is 22.7 Å². The third kappa shape index (κ3) is 1.55. The molecule has 2 aromatic rings. The molecule has 1 aromatic heterocycles. The van der Waals surface area contributed by atoms with Gasteiger partial charge in [0.1, 0.15) is 0 Å². The summed E-state index contributed by atoms with van der Waals surface area (Å²) >= 11 is 0. The molecule has 0 spiro atoms. The molecule has 1 aromatic carbocycles. The van der Waals surface area contributed by atoms with E-state index in [0.29, 0.717) is 5.92 Å². The highest BCUT2D eigenvalue weighted by Gasteiger charge is 2.18. The zero-order valence-electron chi connectivity index (χ0n) is 9.77. The Labute approximate surface area is 100 Å². The Hall–Kier alpha value is -2.03. The minimum absolute atomic E-state index is 0.394. The molecule has 1 aliphatic rings. The summed E-state index contributed by atoms with van der Waals surface area (Å²) in [7, 11) is 0. The molecule has 0 fully saturated rings. The number of nitrogens with zero attached hydrogens (tertiary/aromatic N) is 1. The zero-order chi connectivity index (χ0) is 12.0. The smallest absolute Gasteiger partial charge is 0.0725 e. The van der Waals surface area contributed by atoms with Crippen LogP contribution in [0, 0.1) is 5.92 Å². The number of aromatic nitrogens is 1. The van der Waals surface area contributed by atoms with Gasteiger partial charge in [0, 0.05) is 23.0 Å². The van der Waals surface area contributed by atoms with Crippen molar-refractivity contribution in [3.8, 4) is 0 Å². The van der Waals surface area contributed by atoms with E-state index in [4.69, 9.17) is 11.5 Å². The molecule has 1 aliphatic carbocycles. The lowest BCUT2D eigenvalue weighted by Crippen LogP contribution is -2.16. The highest BCUT2D eigenvalue weighted by molar-refractivity contribution is 5.88. The van der Waals surface area contributed by atoms with E-state index in [1.165, 1.54) is 10.9 Å². The summed E-state index contributed by atoms with van der Waals surface area (Å²) in [4.78, 5) is 4.43. The van der Waals surface area contributed by atoms with Crippen LogP contribution in [0.15, 0.2) is 30.1 Å². The van der Waals surface area contributed by atoms with Gasteiger partial charge in [-0.3, -0.25) is 4.98 Å². The molecule has 17 heavy (non-hydrogen) atoms. The van der Waals surface area contributed by atoms with Gasteiger partial charge in [-0.25, -0.2) is 0 Å². The third-order valence-corrected chi connectivity index (χ3v) is 3.44. The number of fused-ring (bicyclic) bond motifs is 3. The van der Waals surface area contributed by atoms with Crippen molar-refractivity contribution in [1.29, 1.82) is 0 Å². The average molecular weight is 225 g/mol. The number of anilines is 1. The van der Waals surface area contributed by atoms with E-state index in [2.05, 4.69) is 18.0 Å². The Morgan fingerprint density at radius 1 is 1.29 bits per heavy atom. The van der Waals surface area contributed by atoms with Crippen LogP contribution in [0.5, 0.6) is 0 Å². The summed E-state index contributed by atoms with van der Waals surface area (Å²) in [5.74, 6) is 0.394. The van der Waals surface area contributed by atoms with Gasteiger partial charge in [-0.1, -0.05) is 13.0 Å². The van der Waals surface area contributed by atoms with Gasteiger partial charge in [0.05, 0.1) is 5.52 Å². The van der Waals surface area contributed by atoms with Gasteiger partial charge in [-0.15, -0.1) is 0 Å². The topological polar surface area (TPSA) is 64.9 Å². The predicted molar refractivity (Wildman–Crippen MR) is 71.2 cm³/mol. The van der Waals surface area contributed by atoms with Crippen LogP contribution in [0.2, 0.25) is 0 Å². The maximum Gasteiger partial charge on any atom is 0.0725 e. The SMILES string of the molecule is CC1Cc2c(cnc3cc(N)ccc23)C=C1N. The third-order valence-electron chi connectivity index (χ3n) is 3.44. The molecule has 3 rings (SSSR count). The molecule has 0 aliphatic heterocycles. The molecule has 3 heteroatoms. The van der Waals surface area contributed by atoms with Crippen molar-refractivity contribution in [3.05, 3.63) is 41.2 Å². The van der Waals surface area contributed by atoms with Crippen molar-refractivity contribution in [1.82, 2.24) is 4.98 Å².